The van der Waals surface area contributed by atoms with Crippen LogP contribution in [0.1, 0.15) is 13.3 Å². The number of hydrogen-bond donors (Lipinski definition) is 3. The summed E-state index contributed by atoms with van der Waals surface area (Å²) in [6, 6.07) is 1.41. The van der Waals surface area contributed by atoms with Crippen molar-refractivity contribution in [3.63, 3.8) is 0 Å². The molecule has 0 aromatic carbocycles. The highest BCUT2D eigenvalue weighted by Crippen LogP contribution is 2.18. The molecule has 1 aromatic rings. The van der Waals surface area contributed by atoms with Crippen molar-refractivity contribution in [2.45, 2.75) is 13.3 Å². The Morgan fingerprint density at radius 2 is 2.50 bits per heavy atom. The predicted octanol–water partition coefficient (Wildman–Crippen LogP) is 0.256. The third-order valence-electron chi connectivity index (χ3n) is 1.47. The molecule has 1 amide bonds. The number of amides is 1. The summed E-state index contributed by atoms with van der Waals surface area (Å²) in [5.41, 5.74) is 7.88. The largest absolute Gasteiger partial charge is 0.504 e. The van der Waals surface area contributed by atoms with Gasteiger partial charge in [-0.25, -0.2) is 4.68 Å². The van der Waals surface area contributed by atoms with Gasteiger partial charge in [0.1, 0.15) is 0 Å². The summed E-state index contributed by atoms with van der Waals surface area (Å²) in [4.78, 5) is 10.9. The minimum Gasteiger partial charge on any atom is -0.504 e. The minimum absolute atomic E-state index is 0.0357. The number of nitrogens with two attached hydrogens (primary N) is 1. The highest BCUT2D eigenvalue weighted by atomic mass is 16.3. The van der Waals surface area contributed by atoms with Gasteiger partial charge in [0.05, 0.1) is 0 Å². The van der Waals surface area contributed by atoms with Crippen LogP contribution in [0.15, 0.2) is 12.3 Å². The number of carbonyl (C=O) groups is 1. The van der Waals surface area contributed by atoms with E-state index in [9.17, 15) is 4.79 Å². The predicted molar refractivity (Wildman–Crippen MR) is 45.2 cm³/mol. The minimum atomic E-state index is -0.155. The molecule has 1 heterocycles. The molecule has 0 aliphatic heterocycles. The van der Waals surface area contributed by atoms with Gasteiger partial charge in [-0.2, -0.15) is 0 Å². The Kier molecular flexibility index (Phi) is 2.23. The average molecular weight is 169 g/mol. The number of nitrogen functional groups attached to an aromatic ring is 1. The molecular weight excluding hydrogens is 158 g/mol. The van der Waals surface area contributed by atoms with Crippen LogP contribution >= 0.6 is 0 Å². The van der Waals surface area contributed by atoms with E-state index in [0.717, 1.165) is 0 Å². The molecule has 1 rings (SSSR count). The van der Waals surface area contributed by atoms with Crippen LogP contribution in [0.3, 0.4) is 0 Å². The molecule has 0 bridgehead atoms. The quantitative estimate of drug-likeness (QED) is 0.593. The molecule has 5 heteroatoms. The molecule has 0 aliphatic rings. The molecule has 0 aliphatic carbocycles. The van der Waals surface area contributed by atoms with Crippen LogP contribution in [0.5, 0.6) is 5.75 Å². The molecule has 0 radical (unpaired) electrons. The maximum absolute atomic E-state index is 10.9. The van der Waals surface area contributed by atoms with E-state index in [-0.39, 0.29) is 17.5 Å². The van der Waals surface area contributed by atoms with Crippen molar-refractivity contribution in [3.05, 3.63) is 12.3 Å². The van der Waals surface area contributed by atoms with Crippen LogP contribution in [0.4, 0.5) is 5.82 Å². The van der Waals surface area contributed by atoms with E-state index in [0.29, 0.717) is 6.42 Å². The van der Waals surface area contributed by atoms with Gasteiger partial charge in [-0.3, -0.25) is 10.2 Å². The monoisotopic (exact) mass is 169 g/mol. The van der Waals surface area contributed by atoms with E-state index >= 15 is 0 Å². The van der Waals surface area contributed by atoms with Crippen LogP contribution in [-0.4, -0.2) is 15.7 Å². The van der Waals surface area contributed by atoms with Crippen molar-refractivity contribution in [2.75, 3.05) is 11.2 Å². The van der Waals surface area contributed by atoms with E-state index < -0.39 is 0 Å². The lowest BCUT2D eigenvalue weighted by molar-refractivity contribution is -0.116. The zero-order valence-corrected chi connectivity index (χ0v) is 6.74. The first-order valence-electron chi connectivity index (χ1n) is 3.60. The van der Waals surface area contributed by atoms with Crippen molar-refractivity contribution in [1.29, 1.82) is 0 Å². The SMILES string of the molecule is CCC(=O)Nn1ccc(O)c1N. The van der Waals surface area contributed by atoms with Crippen molar-refractivity contribution >= 4 is 11.7 Å². The summed E-state index contributed by atoms with van der Waals surface area (Å²) in [5.74, 6) is -0.0551. The Bertz CT molecular complexity index is 293. The average Bonchev–Trinajstić information content (AvgIpc) is 2.36. The summed E-state index contributed by atoms with van der Waals surface area (Å²) in [6.45, 7) is 1.73. The lowest BCUT2D eigenvalue weighted by Crippen LogP contribution is -2.22. The van der Waals surface area contributed by atoms with Crippen LogP contribution in [0.2, 0.25) is 0 Å². The molecule has 1 aromatic heterocycles. The Morgan fingerprint density at radius 1 is 1.83 bits per heavy atom. The highest BCUT2D eigenvalue weighted by molar-refractivity contribution is 5.83. The van der Waals surface area contributed by atoms with Crippen LogP contribution in [0, 0.1) is 0 Å². The summed E-state index contributed by atoms with van der Waals surface area (Å²) in [7, 11) is 0. The number of anilines is 1. The summed E-state index contributed by atoms with van der Waals surface area (Å²) in [5, 5.41) is 9.03. The first-order chi connectivity index (χ1) is 5.65. The molecule has 0 fully saturated rings. The van der Waals surface area contributed by atoms with Gasteiger partial charge in [-0.05, 0) is 0 Å². The number of aromatic nitrogens is 1. The molecule has 0 spiro atoms. The maximum Gasteiger partial charge on any atom is 0.238 e. The Hall–Kier alpha value is -1.65. The van der Waals surface area contributed by atoms with Gasteiger partial charge in [0.25, 0.3) is 0 Å². The molecule has 0 unspecified atom stereocenters. The number of rotatable bonds is 2. The molecule has 0 saturated heterocycles. The molecule has 4 N–H and O–H groups in total. The normalized spacial score (nSPS) is 9.75. The summed E-state index contributed by atoms with van der Waals surface area (Å²) in [6.07, 6.45) is 1.86. The molecule has 5 nitrogen and oxygen atoms in total. The van der Waals surface area contributed by atoms with Gasteiger partial charge in [-0.1, -0.05) is 6.92 Å². The van der Waals surface area contributed by atoms with Gasteiger partial charge in [0.2, 0.25) is 5.91 Å². The van der Waals surface area contributed by atoms with Gasteiger partial charge >= 0.3 is 0 Å². The van der Waals surface area contributed by atoms with Gasteiger partial charge in [0, 0.05) is 18.7 Å². The Labute approximate surface area is 69.8 Å². The molecule has 66 valence electrons. The number of nitrogens with one attached hydrogen (secondary N) is 1. The van der Waals surface area contributed by atoms with E-state index in [1.54, 1.807) is 6.92 Å². The number of carbonyl (C=O) groups excluding carboxylic acids is 1. The van der Waals surface area contributed by atoms with Gasteiger partial charge in [0.15, 0.2) is 11.6 Å². The van der Waals surface area contributed by atoms with E-state index in [1.165, 1.54) is 16.9 Å². The summed E-state index contributed by atoms with van der Waals surface area (Å²) < 4.78 is 1.28. The fourth-order valence-corrected chi connectivity index (χ4v) is 0.745. The Balaban J connectivity index is 2.76. The fourth-order valence-electron chi connectivity index (χ4n) is 0.745. The van der Waals surface area contributed by atoms with Crippen molar-refractivity contribution in [1.82, 2.24) is 4.68 Å². The zero-order valence-electron chi connectivity index (χ0n) is 6.74. The third-order valence-corrected chi connectivity index (χ3v) is 1.47. The Morgan fingerprint density at radius 3 is 2.92 bits per heavy atom. The van der Waals surface area contributed by atoms with E-state index in [4.69, 9.17) is 10.8 Å². The lowest BCUT2D eigenvalue weighted by atomic mass is 10.5. The second-order valence-electron chi connectivity index (χ2n) is 2.34. The molecule has 0 saturated carbocycles. The lowest BCUT2D eigenvalue weighted by Gasteiger charge is -2.05. The zero-order chi connectivity index (χ0) is 9.14. The van der Waals surface area contributed by atoms with E-state index in [2.05, 4.69) is 5.43 Å². The van der Waals surface area contributed by atoms with Gasteiger partial charge in [-0.15, -0.1) is 0 Å². The van der Waals surface area contributed by atoms with Crippen LogP contribution < -0.4 is 11.2 Å². The van der Waals surface area contributed by atoms with Crippen molar-refractivity contribution < 1.29 is 9.90 Å². The second kappa shape index (κ2) is 3.17. The highest BCUT2D eigenvalue weighted by Gasteiger charge is 2.04. The molecule has 12 heavy (non-hydrogen) atoms. The molecular formula is C7H11N3O2. The summed E-state index contributed by atoms with van der Waals surface area (Å²) >= 11 is 0. The molecule has 0 atom stereocenters. The fraction of sp³-hybridized carbons (Fsp3) is 0.286. The smallest absolute Gasteiger partial charge is 0.238 e. The van der Waals surface area contributed by atoms with Gasteiger partial charge < -0.3 is 10.8 Å². The van der Waals surface area contributed by atoms with Crippen LogP contribution in [0.25, 0.3) is 0 Å². The maximum atomic E-state index is 10.9. The topological polar surface area (TPSA) is 80.3 Å². The first-order valence-corrected chi connectivity index (χ1v) is 3.60. The number of aromatic hydroxyl groups is 1. The number of nitrogens with zero attached hydrogens (tertiary/aromatic N) is 1. The van der Waals surface area contributed by atoms with Crippen molar-refractivity contribution in [2.24, 2.45) is 0 Å². The first kappa shape index (κ1) is 8.45. The second-order valence-corrected chi connectivity index (χ2v) is 2.34. The standard InChI is InChI=1S/C7H11N3O2/c1-2-6(12)9-10-4-3-5(11)7(10)8/h3-4,11H,2,8H2,1H3,(H,9,12). The van der Waals surface area contributed by atoms with E-state index in [1.807, 2.05) is 0 Å². The number of hydrogen-bond acceptors (Lipinski definition) is 3. The van der Waals surface area contributed by atoms with Crippen molar-refractivity contribution in [3.8, 4) is 5.75 Å². The third kappa shape index (κ3) is 1.50. The van der Waals surface area contributed by atoms with Crippen LogP contribution in [-0.2, 0) is 4.79 Å².